The van der Waals surface area contributed by atoms with Gasteiger partial charge in [-0.2, -0.15) is 0 Å². The first kappa shape index (κ1) is 17.3. The maximum absolute atomic E-state index is 12.3. The molecule has 0 atom stereocenters. The molecule has 0 bridgehead atoms. The van der Waals surface area contributed by atoms with E-state index in [9.17, 15) is 24.0 Å². The summed E-state index contributed by atoms with van der Waals surface area (Å²) in [5.74, 6) is -2.51. The number of carbonyl (C=O) groups is 5. The summed E-state index contributed by atoms with van der Waals surface area (Å²) >= 11 is 0. The normalized spacial score (nSPS) is 29.7. The molecule has 2 heterocycles. The number of hydrogen-bond acceptors (Lipinski definition) is 7. The minimum absolute atomic E-state index is 0.0255. The first-order chi connectivity index (χ1) is 11.8. The highest BCUT2D eigenvalue weighted by Gasteiger charge is 2.44. The van der Waals surface area contributed by atoms with Crippen molar-refractivity contribution in [1.29, 1.82) is 0 Å². The van der Waals surface area contributed by atoms with Crippen LogP contribution in [0.2, 0.25) is 0 Å². The van der Waals surface area contributed by atoms with E-state index in [0.29, 0.717) is 24.4 Å². The number of nitrogens with two attached hydrogens (primary N) is 1. The standard InChI is InChI=1S/C16H19N3O6/c17-16(15(24)25-19-13(22)3-4-14(19)23)7-5-10(6-8-16)9-18-11(20)1-2-12(18)21/h1-2,10H,3-9,17H2. The summed E-state index contributed by atoms with van der Waals surface area (Å²) in [5.41, 5.74) is 4.83. The summed E-state index contributed by atoms with van der Waals surface area (Å²) in [6.07, 6.45) is 4.16. The molecule has 0 radical (unpaired) electrons. The van der Waals surface area contributed by atoms with Crippen molar-refractivity contribution in [3.8, 4) is 0 Å². The number of hydrogen-bond donors (Lipinski definition) is 1. The van der Waals surface area contributed by atoms with Gasteiger partial charge in [0.15, 0.2) is 0 Å². The molecule has 0 spiro atoms. The Morgan fingerprint density at radius 3 is 2.12 bits per heavy atom. The predicted octanol–water partition coefficient (Wildman–Crippen LogP) is -0.594. The van der Waals surface area contributed by atoms with E-state index in [1.54, 1.807) is 0 Å². The second kappa shape index (κ2) is 6.40. The van der Waals surface area contributed by atoms with Crippen molar-refractivity contribution in [2.45, 2.75) is 44.1 Å². The minimum Gasteiger partial charge on any atom is -0.328 e. The number of imide groups is 2. The Hall–Kier alpha value is -2.55. The van der Waals surface area contributed by atoms with Gasteiger partial charge in [0.2, 0.25) is 0 Å². The molecule has 9 nitrogen and oxygen atoms in total. The smallest absolute Gasteiger partial charge is 0.328 e. The molecule has 3 aliphatic rings. The van der Waals surface area contributed by atoms with Crippen LogP contribution in [-0.4, -0.2) is 51.6 Å². The number of hydroxylamine groups is 2. The maximum atomic E-state index is 12.3. The van der Waals surface area contributed by atoms with Gasteiger partial charge in [-0.05, 0) is 31.6 Å². The summed E-state index contributed by atoms with van der Waals surface area (Å²) < 4.78 is 0. The molecular weight excluding hydrogens is 330 g/mol. The zero-order valence-corrected chi connectivity index (χ0v) is 13.6. The van der Waals surface area contributed by atoms with Crippen LogP contribution in [0.3, 0.4) is 0 Å². The number of rotatable bonds is 4. The van der Waals surface area contributed by atoms with E-state index in [1.165, 1.54) is 17.1 Å². The molecule has 0 aromatic rings. The third kappa shape index (κ3) is 3.32. The van der Waals surface area contributed by atoms with Gasteiger partial charge in [-0.3, -0.25) is 24.1 Å². The third-order valence-electron chi connectivity index (χ3n) is 4.93. The monoisotopic (exact) mass is 349 g/mol. The lowest BCUT2D eigenvalue weighted by atomic mass is 9.77. The van der Waals surface area contributed by atoms with Crippen LogP contribution >= 0.6 is 0 Å². The SMILES string of the molecule is NC1(C(=O)ON2C(=O)CCC2=O)CCC(CN2C(=O)C=CC2=O)CC1. The summed E-state index contributed by atoms with van der Waals surface area (Å²) in [4.78, 5) is 64.6. The average molecular weight is 349 g/mol. The topological polar surface area (TPSA) is 127 Å². The van der Waals surface area contributed by atoms with Gasteiger partial charge >= 0.3 is 5.97 Å². The van der Waals surface area contributed by atoms with Gasteiger partial charge in [-0.25, -0.2) is 4.79 Å². The van der Waals surface area contributed by atoms with Gasteiger partial charge in [-0.15, -0.1) is 5.06 Å². The highest BCUT2D eigenvalue weighted by atomic mass is 16.7. The second-order valence-electron chi connectivity index (χ2n) is 6.68. The molecule has 0 aromatic carbocycles. The minimum atomic E-state index is -1.28. The first-order valence-electron chi connectivity index (χ1n) is 8.21. The maximum Gasteiger partial charge on any atom is 0.352 e. The summed E-state index contributed by atoms with van der Waals surface area (Å²) in [5, 5.41) is 0.496. The van der Waals surface area contributed by atoms with E-state index in [1.807, 2.05) is 0 Å². The molecule has 1 saturated heterocycles. The Balaban J connectivity index is 1.54. The molecule has 1 aliphatic carbocycles. The van der Waals surface area contributed by atoms with Crippen LogP contribution in [0.25, 0.3) is 0 Å². The van der Waals surface area contributed by atoms with E-state index < -0.39 is 23.3 Å². The largest absolute Gasteiger partial charge is 0.352 e. The molecule has 0 aromatic heterocycles. The van der Waals surface area contributed by atoms with Crippen LogP contribution in [0.1, 0.15) is 38.5 Å². The van der Waals surface area contributed by atoms with Crippen molar-refractivity contribution in [1.82, 2.24) is 9.96 Å². The number of nitrogens with zero attached hydrogens (tertiary/aromatic N) is 2. The van der Waals surface area contributed by atoms with E-state index in [0.717, 1.165) is 0 Å². The van der Waals surface area contributed by atoms with Crippen molar-refractivity contribution in [3.05, 3.63) is 12.2 Å². The Bertz CT molecular complexity index is 643. The fraction of sp³-hybridized carbons (Fsp3) is 0.562. The van der Waals surface area contributed by atoms with E-state index in [-0.39, 0.29) is 43.4 Å². The van der Waals surface area contributed by atoms with Gasteiger partial charge in [0.05, 0.1) is 0 Å². The zero-order valence-electron chi connectivity index (χ0n) is 13.6. The lowest BCUT2D eigenvalue weighted by Gasteiger charge is -2.36. The van der Waals surface area contributed by atoms with Gasteiger partial charge in [0, 0.05) is 31.5 Å². The van der Waals surface area contributed by atoms with Crippen molar-refractivity contribution in [3.63, 3.8) is 0 Å². The molecule has 9 heteroatoms. The molecular formula is C16H19N3O6. The van der Waals surface area contributed by atoms with Crippen molar-refractivity contribution >= 4 is 29.6 Å². The van der Waals surface area contributed by atoms with E-state index >= 15 is 0 Å². The second-order valence-corrected chi connectivity index (χ2v) is 6.68. The summed E-state index contributed by atoms with van der Waals surface area (Å²) in [7, 11) is 0. The molecule has 25 heavy (non-hydrogen) atoms. The van der Waals surface area contributed by atoms with Gasteiger partial charge < -0.3 is 10.6 Å². The Morgan fingerprint density at radius 2 is 1.60 bits per heavy atom. The van der Waals surface area contributed by atoms with Crippen LogP contribution < -0.4 is 5.73 Å². The highest BCUT2D eigenvalue weighted by Crippen LogP contribution is 2.33. The van der Waals surface area contributed by atoms with Crippen LogP contribution in [0, 0.1) is 5.92 Å². The fourth-order valence-corrected chi connectivity index (χ4v) is 3.28. The predicted molar refractivity (Wildman–Crippen MR) is 81.9 cm³/mol. The van der Waals surface area contributed by atoms with Crippen molar-refractivity contribution in [2.24, 2.45) is 11.7 Å². The fourth-order valence-electron chi connectivity index (χ4n) is 3.28. The Labute approximate surface area is 143 Å². The van der Waals surface area contributed by atoms with Crippen LogP contribution in [0.4, 0.5) is 0 Å². The number of carbonyl (C=O) groups excluding carboxylic acids is 5. The Morgan fingerprint density at radius 1 is 1.08 bits per heavy atom. The molecule has 2 aliphatic heterocycles. The lowest BCUT2D eigenvalue weighted by Crippen LogP contribution is -2.54. The van der Waals surface area contributed by atoms with E-state index in [2.05, 4.69) is 0 Å². The zero-order chi connectivity index (χ0) is 18.2. The average Bonchev–Trinajstić information content (AvgIpc) is 3.07. The van der Waals surface area contributed by atoms with Gasteiger partial charge in [0.25, 0.3) is 23.6 Å². The molecule has 4 amide bonds. The van der Waals surface area contributed by atoms with Crippen LogP contribution in [0.15, 0.2) is 12.2 Å². The molecule has 1 saturated carbocycles. The first-order valence-corrected chi connectivity index (χ1v) is 8.21. The van der Waals surface area contributed by atoms with Crippen LogP contribution in [-0.2, 0) is 28.8 Å². The molecule has 3 rings (SSSR count). The van der Waals surface area contributed by atoms with Crippen molar-refractivity contribution < 1.29 is 28.8 Å². The number of amides is 4. The summed E-state index contributed by atoms with van der Waals surface area (Å²) in [6.45, 7) is 0.291. The van der Waals surface area contributed by atoms with Crippen molar-refractivity contribution in [2.75, 3.05) is 6.54 Å². The third-order valence-corrected chi connectivity index (χ3v) is 4.93. The summed E-state index contributed by atoms with van der Waals surface area (Å²) in [6, 6.07) is 0. The quantitative estimate of drug-likeness (QED) is 0.672. The van der Waals surface area contributed by atoms with Gasteiger partial charge in [0.1, 0.15) is 5.54 Å². The van der Waals surface area contributed by atoms with E-state index in [4.69, 9.17) is 10.6 Å². The molecule has 134 valence electrons. The molecule has 2 N–H and O–H groups in total. The lowest BCUT2D eigenvalue weighted by molar-refractivity contribution is -0.202. The van der Waals surface area contributed by atoms with Crippen LogP contribution in [0.5, 0.6) is 0 Å². The van der Waals surface area contributed by atoms with Gasteiger partial charge in [-0.1, -0.05) is 0 Å². The molecule has 0 unspecified atom stereocenters. The molecule has 2 fully saturated rings. The Kier molecular flexibility index (Phi) is 4.42. The highest BCUT2D eigenvalue weighted by molar-refractivity contribution is 6.12.